The molecule has 1 aliphatic heterocycles. The molecule has 5 heteroatoms. The quantitative estimate of drug-likeness (QED) is 0.804. The van der Waals surface area contributed by atoms with Gasteiger partial charge in [-0.05, 0) is 6.07 Å². The fraction of sp³-hybridized carbons (Fsp3) is 0.417. The summed E-state index contributed by atoms with van der Waals surface area (Å²) in [5.74, 6) is -0.286. The molecule has 2 unspecified atom stereocenters. The van der Waals surface area contributed by atoms with Crippen LogP contribution in [0.4, 0.5) is 0 Å². The molecular weight excluding hydrogens is 288 g/mol. The van der Waals surface area contributed by atoms with Crippen LogP contribution >= 0.6 is 15.9 Å². The van der Waals surface area contributed by atoms with Crippen molar-refractivity contribution in [3.63, 3.8) is 0 Å². The number of carbonyl (C=O) groups is 1. The summed E-state index contributed by atoms with van der Waals surface area (Å²) < 4.78 is 16.7. The van der Waals surface area contributed by atoms with Crippen LogP contribution in [0.15, 0.2) is 28.7 Å². The summed E-state index contributed by atoms with van der Waals surface area (Å²) in [5.41, 5.74) is 0.930. The molecule has 4 nitrogen and oxygen atoms in total. The fourth-order valence-electron chi connectivity index (χ4n) is 1.65. The lowest BCUT2D eigenvalue weighted by molar-refractivity contribution is -0.143. The second-order valence-electron chi connectivity index (χ2n) is 3.73. The Hall–Kier alpha value is -0.910. The van der Waals surface area contributed by atoms with Crippen LogP contribution < -0.4 is 0 Å². The Balaban J connectivity index is 1.98. The third-order valence-electron chi connectivity index (χ3n) is 2.53. The van der Waals surface area contributed by atoms with E-state index < -0.39 is 6.29 Å². The minimum Gasteiger partial charge on any atom is -0.469 e. The highest BCUT2D eigenvalue weighted by Crippen LogP contribution is 2.32. The van der Waals surface area contributed by atoms with Crippen LogP contribution in [-0.2, 0) is 19.0 Å². The lowest BCUT2D eigenvalue weighted by Gasteiger charge is -2.12. The van der Waals surface area contributed by atoms with Gasteiger partial charge in [-0.3, -0.25) is 4.79 Å². The number of benzene rings is 1. The van der Waals surface area contributed by atoms with Crippen LogP contribution in [0.3, 0.4) is 0 Å². The van der Waals surface area contributed by atoms with Crippen molar-refractivity contribution < 1.29 is 19.0 Å². The van der Waals surface area contributed by atoms with E-state index in [9.17, 15) is 4.79 Å². The van der Waals surface area contributed by atoms with Gasteiger partial charge in [0, 0.05) is 10.0 Å². The molecule has 1 fully saturated rings. The number of methoxy groups -OCH3 is 1. The topological polar surface area (TPSA) is 44.8 Å². The Morgan fingerprint density at radius 2 is 2.29 bits per heavy atom. The van der Waals surface area contributed by atoms with E-state index in [4.69, 9.17) is 9.47 Å². The molecule has 2 atom stereocenters. The zero-order chi connectivity index (χ0) is 12.3. The number of hydrogen-bond acceptors (Lipinski definition) is 4. The van der Waals surface area contributed by atoms with Gasteiger partial charge in [-0.15, -0.1) is 0 Å². The zero-order valence-electron chi connectivity index (χ0n) is 9.39. The molecule has 0 bridgehead atoms. The van der Waals surface area contributed by atoms with Crippen LogP contribution in [0.25, 0.3) is 0 Å². The average molecular weight is 301 g/mol. The fourth-order valence-corrected chi connectivity index (χ4v) is 2.13. The molecule has 2 rings (SSSR count). The Kier molecular flexibility index (Phi) is 4.15. The maximum Gasteiger partial charge on any atom is 0.308 e. The lowest BCUT2D eigenvalue weighted by atomic mass is 10.2. The summed E-state index contributed by atoms with van der Waals surface area (Å²) >= 11 is 3.44. The molecule has 1 saturated heterocycles. The van der Waals surface area contributed by atoms with Crippen molar-refractivity contribution in [1.29, 1.82) is 0 Å². The maximum atomic E-state index is 11.1. The SMILES string of the molecule is COC(=O)CC1COC(c2ccccc2Br)O1. The summed E-state index contributed by atoms with van der Waals surface area (Å²) in [6.07, 6.45) is -0.433. The lowest BCUT2D eigenvalue weighted by Crippen LogP contribution is -2.16. The van der Waals surface area contributed by atoms with Gasteiger partial charge in [0.05, 0.1) is 26.2 Å². The van der Waals surface area contributed by atoms with Crippen LogP contribution in [0.2, 0.25) is 0 Å². The van der Waals surface area contributed by atoms with Crippen LogP contribution in [0.1, 0.15) is 18.3 Å². The summed E-state index contributed by atoms with van der Waals surface area (Å²) in [4.78, 5) is 11.1. The third kappa shape index (κ3) is 3.06. The van der Waals surface area contributed by atoms with Crippen molar-refractivity contribution in [2.45, 2.75) is 18.8 Å². The van der Waals surface area contributed by atoms with E-state index in [0.29, 0.717) is 6.61 Å². The summed E-state index contributed by atoms with van der Waals surface area (Å²) in [5, 5.41) is 0. The summed E-state index contributed by atoms with van der Waals surface area (Å²) in [6, 6.07) is 7.69. The first-order chi connectivity index (χ1) is 8.20. The van der Waals surface area contributed by atoms with E-state index in [1.165, 1.54) is 7.11 Å². The van der Waals surface area contributed by atoms with E-state index in [-0.39, 0.29) is 18.5 Å². The molecule has 1 aromatic rings. The standard InChI is InChI=1S/C12H13BrO4/c1-15-11(14)6-8-7-16-12(17-8)9-4-2-3-5-10(9)13/h2-5,8,12H,6-7H2,1H3. The van der Waals surface area contributed by atoms with Crippen molar-refractivity contribution in [3.8, 4) is 0 Å². The largest absolute Gasteiger partial charge is 0.469 e. The molecule has 0 radical (unpaired) electrons. The first-order valence-corrected chi connectivity index (χ1v) is 6.08. The Morgan fingerprint density at radius 1 is 1.53 bits per heavy atom. The molecule has 17 heavy (non-hydrogen) atoms. The Labute approximate surface area is 108 Å². The van der Waals surface area contributed by atoms with Gasteiger partial charge in [-0.2, -0.15) is 0 Å². The van der Waals surface area contributed by atoms with Gasteiger partial charge in [0.25, 0.3) is 0 Å². The van der Waals surface area contributed by atoms with Crippen LogP contribution in [0.5, 0.6) is 0 Å². The molecular formula is C12H13BrO4. The van der Waals surface area contributed by atoms with Gasteiger partial charge < -0.3 is 14.2 Å². The molecule has 92 valence electrons. The number of carbonyl (C=O) groups excluding carboxylic acids is 1. The predicted molar refractivity (Wildman–Crippen MR) is 64.3 cm³/mol. The maximum absolute atomic E-state index is 11.1. The van der Waals surface area contributed by atoms with Crippen LogP contribution in [0, 0.1) is 0 Å². The smallest absolute Gasteiger partial charge is 0.308 e. The minimum absolute atomic E-state index is 0.220. The molecule has 0 amide bonds. The van der Waals surface area contributed by atoms with Crippen molar-refractivity contribution >= 4 is 21.9 Å². The Morgan fingerprint density at radius 3 is 3.00 bits per heavy atom. The van der Waals surface area contributed by atoms with Crippen molar-refractivity contribution in [3.05, 3.63) is 34.3 Å². The van der Waals surface area contributed by atoms with E-state index in [2.05, 4.69) is 20.7 Å². The highest BCUT2D eigenvalue weighted by molar-refractivity contribution is 9.10. The van der Waals surface area contributed by atoms with Crippen LogP contribution in [-0.4, -0.2) is 25.8 Å². The highest BCUT2D eigenvalue weighted by Gasteiger charge is 2.30. The van der Waals surface area contributed by atoms with Gasteiger partial charge in [0.2, 0.25) is 0 Å². The number of halogens is 1. The molecule has 0 saturated carbocycles. The third-order valence-corrected chi connectivity index (χ3v) is 3.25. The molecule has 0 aliphatic carbocycles. The predicted octanol–water partition coefficient (Wildman–Crippen LogP) is 2.43. The highest BCUT2D eigenvalue weighted by atomic mass is 79.9. The minimum atomic E-state index is -0.416. The van der Waals surface area contributed by atoms with Gasteiger partial charge >= 0.3 is 5.97 Å². The average Bonchev–Trinajstić information content (AvgIpc) is 2.78. The summed E-state index contributed by atoms with van der Waals surface area (Å²) in [7, 11) is 1.36. The molecule has 0 aromatic heterocycles. The normalized spacial score (nSPS) is 23.6. The van der Waals surface area contributed by atoms with Crippen molar-refractivity contribution in [2.75, 3.05) is 13.7 Å². The van der Waals surface area contributed by atoms with Gasteiger partial charge in [-0.25, -0.2) is 0 Å². The second kappa shape index (κ2) is 5.62. The molecule has 1 aliphatic rings. The van der Waals surface area contributed by atoms with E-state index in [0.717, 1.165) is 10.0 Å². The van der Waals surface area contributed by atoms with Gasteiger partial charge in [-0.1, -0.05) is 34.1 Å². The van der Waals surface area contributed by atoms with E-state index in [1.807, 2.05) is 24.3 Å². The van der Waals surface area contributed by atoms with Gasteiger partial charge in [0.1, 0.15) is 0 Å². The molecule has 0 spiro atoms. The number of ether oxygens (including phenoxy) is 3. The second-order valence-corrected chi connectivity index (χ2v) is 4.58. The molecule has 1 aromatic carbocycles. The monoisotopic (exact) mass is 300 g/mol. The number of hydrogen-bond donors (Lipinski definition) is 0. The van der Waals surface area contributed by atoms with E-state index in [1.54, 1.807) is 0 Å². The molecule has 1 heterocycles. The van der Waals surface area contributed by atoms with E-state index >= 15 is 0 Å². The zero-order valence-corrected chi connectivity index (χ0v) is 11.0. The first kappa shape index (κ1) is 12.5. The Bertz CT molecular complexity index is 407. The number of esters is 1. The van der Waals surface area contributed by atoms with Crippen molar-refractivity contribution in [1.82, 2.24) is 0 Å². The van der Waals surface area contributed by atoms with Gasteiger partial charge in [0.15, 0.2) is 6.29 Å². The summed E-state index contributed by atoms with van der Waals surface area (Å²) in [6.45, 7) is 0.404. The first-order valence-electron chi connectivity index (χ1n) is 5.29. The molecule has 0 N–H and O–H groups in total. The van der Waals surface area contributed by atoms with Crippen molar-refractivity contribution in [2.24, 2.45) is 0 Å². The number of rotatable bonds is 3.